The van der Waals surface area contributed by atoms with Gasteiger partial charge in [-0.2, -0.15) is 11.8 Å². The maximum atomic E-state index is 5.95. The van der Waals surface area contributed by atoms with Crippen LogP contribution in [0.4, 0.5) is 0 Å². The summed E-state index contributed by atoms with van der Waals surface area (Å²) in [6.07, 6.45) is 3.33. The van der Waals surface area contributed by atoms with Crippen LogP contribution in [0.3, 0.4) is 0 Å². The normalized spacial score (nSPS) is 35.3. The third-order valence-electron chi connectivity index (χ3n) is 3.65. The van der Waals surface area contributed by atoms with Crippen molar-refractivity contribution in [3.05, 3.63) is 0 Å². The monoisotopic (exact) mass is 259 g/mol. The fourth-order valence-corrected chi connectivity index (χ4v) is 3.46. The van der Waals surface area contributed by atoms with Gasteiger partial charge in [0.2, 0.25) is 0 Å². The highest BCUT2D eigenvalue weighted by Gasteiger charge is 2.41. The molecule has 3 atom stereocenters. The lowest BCUT2D eigenvalue weighted by Gasteiger charge is -2.38. The minimum absolute atomic E-state index is 0.0353. The van der Waals surface area contributed by atoms with Gasteiger partial charge in [-0.05, 0) is 25.5 Å². The minimum atomic E-state index is 0.0353. The molecule has 3 nitrogen and oxygen atoms in total. The molecule has 2 heterocycles. The zero-order valence-electron chi connectivity index (χ0n) is 11.0. The standard InChI is InChI=1S/C13H25NO2S/c1-3-17-9-11(2)14-12-4-6-16-13(8-12)5-7-15-10-13/h11-12,14H,3-10H2,1-2H3. The van der Waals surface area contributed by atoms with Gasteiger partial charge in [0.15, 0.2) is 0 Å². The first-order valence-corrected chi connectivity index (χ1v) is 7.95. The summed E-state index contributed by atoms with van der Waals surface area (Å²) < 4.78 is 11.4. The molecule has 2 saturated heterocycles. The fraction of sp³-hybridized carbons (Fsp3) is 1.00. The van der Waals surface area contributed by atoms with Gasteiger partial charge in [-0.15, -0.1) is 0 Å². The Bertz CT molecular complexity index is 231. The Morgan fingerprint density at radius 1 is 1.47 bits per heavy atom. The molecule has 4 heteroatoms. The number of hydrogen-bond acceptors (Lipinski definition) is 4. The maximum Gasteiger partial charge on any atom is 0.0951 e. The molecule has 0 radical (unpaired) electrons. The van der Waals surface area contributed by atoms with Crippen LogP contribution < -0.4 is 5.32 Å². The van der Waals surface area contributed by atoms with Crippen molar-refractivity contribution in [1.29, 1.82) is 0 Å². The average molecular weight is 259 g/mol. The molecular formula is C13H25NO2S. The minimum Gasteiger partial charge on any atom is -0.378 e. The van der Waals surface area contributed by atoms with Crippen molar-refractivity contribution in [1.82, 2.24) is 5.32 Å². The predicted octanol–water partition coefficient (Wildman–Crippen LogP) is 2.06. The molecule has 3 unspecified atom stereocenters. The van der Waals surface area contributed by atoms with Gasteiger partial charge in [0.1, 0.15) is 0 Å². The first-order valence-electron chi connectivity index (χ1n) is 6.79. The molecule has 2 fully saturated rings. The molecule has 100 valence electrons. The van der Waals surface area contributed by atoms with Crippen molar-refractivity contribution in [3.63, 3.8) is 0 Å². The summed E-state index contributed by atoms with van der Waals surface area (Å²) in [5.74, 6) is 2.41. The number of nitrogens with one attached hydrogen (secondary N) is 1. The van der Waals surface area contributed by atoms with E-state index in [2.05, 4.69) is 19.2 Å². The van der Waals surface area contributed by atoms with Crippen LogP contribution in [-0.4, -0.2) is 49.0 Å². The van der Waals surface area contributed by atoms with Crippen LogP contribution >= 0.6 is 11.8 Å². The molecule has 0 amide bonds. The molecule has 0 aromatic heterocycles. The number of hydrogen-bond donors (Lipinski definition) is 1. The lowest BCUT2D eigenvalue weighted by molar-refractivity contribution is -0.0899. The van der Waals surface area contributed by atoms with Crippen LogP contribution in [0.5, 0.6) is 0 Å². The number of thioether (sulfide) groups is 1. The van der Waals surface area contributed by atoms with E-state index < -0.39 is 0 Å². The van der Waals surface area contributed by atoms with E-state index >= 15 is 0 Å². The maximum absolute atomic E-state index is 5.95. The van der Waals surface area contributed by atoms with Crippen molar-refractivity contribution >= 4 is 11.8 Å². The van der Waals surface area contributed by atoms with Gasteiger partial charge in [0, 0.05) is 37.5 Å². The summed E-state index contributed by atoms with van der Waals surface area (Å²) >= 11 is 2.01. The summed E-state index contributed by atoms with van der Waals surface area (Å²) in [4.78, 5) is 0. The molecule has 0 aliphatic carbocycles. The summed E-state index contributed by atoms with van der Waals surface area (Å²) in [6, 6.07) is 1.21. The third kappa shape index (κ3) is 3.85. The zero-order valence-corrected chi connectivity index (χ0v) is 11.9. The van der Waals surface area contributed by atoms with Gasteiger partial charge in [-0.3, -0.25) is 0 Å². The van der Waals surface area contributed by atoms with E-state index in [0.29, 0.717) is 12.1 Å². The highest BCUT2D eigenvalue weighted by atomic mass is 32.2. The Hall–Kier alpha value is 0.230. The Morgan fingerprint density at radius 2 is 2.35 bits per heavy atom. The molecule has 0 saturated carbocycles. The largest absolute Gasteiger partial charge is 0.378 e. The van der Waals surface area contributed by atoms with Gasteiger partial charge >= 0.3 is 0 Å². The molecule has 1 spiro atoms. The summed E-state index contributed by atoms with van der Waals surface area (Å²) in [5, 5.41) is 3.75. The molecule has 2 rings (SSSR count). The van der Waals surface area contributed by atoms with Gasteiger partial charge in [-0.25, -0.2) is 0 Å². The van der Waals surface area contributed by atoms with Gasteiger partial charge in [0.25, 0.3) is 0 Å². The van der Waals surface area contributed by atoms with Crippen molar-refractivity contribution in [2.75, 3.05) is 31.3 Å². The van der Waals surface area contributed by atoms with E-state index in [1.807, 2.05) is 11.8 Å². The summed E-state index contributed by atoms with van der Waals surface area (Å²) in [6.45, 7) is 7.05. The molecule has 0 bridgehead atoms. The van der Waals surface area contributed by atoms with Crippen LogP contribution in [0, 0.1) is 0 Å². The second-order valence-corrected chi connectivity index (χ2v) is 6.57. The van der Waals surface area contributed by atoms with Gasteiger partial charge in [-0.1, -0.05) is 6.92 Å². The van der Waals surface area contributed by atoms with E-state index in [1.54, 1.807) is 0 Å². The molecular weight excluding hydrogens is 234 g/mol. The first kappa shape index (κ1) is 13.7. The molecule has 0 aromatic rings. The van der Waals surface area contributed by atoms with E-state index in [4.69, 9.17) is 9.47 Å². The Balaban J connectivity index is 1.77. The Labute approximate surface area is 109 Å². The molecule has 17 heavy (non-hydrogen) atoms. The smallest absolute Gasteiger partial charge is 0.0951 e. The summed E-state index contributed by atoms with van der Waals surface area (Å²) in [7, 11) is 0. The topological polar surface area (TPSA) is 30.5 Å². The highest BCUT2D eigenvalue weighted by Crippen LogP contribution is 2.32. The second kappa shape index (κ2) is 6.41. The molecule has 2 aliphatic rings. The van der Waals surface area contributed by atoms with E-state index in [9.17, 15) is 0 Å². The van der Waals surface area contributed by atoms with E-state index in [-0.39, 0.29) is 5.60 Å². The lowest BCUT2D eigenvalue weighted by atomic mass is 9.89. The van der Waals surface area contributed by atoms with E-state index in [0.717, 1.165) is 39.1 Å². The zero-order chi connectivity index (χ0) is 12.1. The Kier molecular flexibility index (Phi) is 5.15. The number of ether oxygens (including phenoxy) is 2. The van der Waals surface area contributed by atoms with Crippen molar-refractivity contribution in [2.45, 2.75) is 50.8 Å². The summed E-state index contributed by atoms with van der Waals surface area (Å²) in [5.41, 5.74) is 0.0353. The van der Waals surface area contributed by atoms with E-state index in [1.165, 1.54) is 11.5 Å². The Morgan fingerprint density at radius 3 is 3.06 bits per heavy atom. The van der Waals surface area contributed by atoms with Crippen molar-refractivity contribution in [2.24, 2.45) is 0 Å². The van der Waals surface area contributed by atoms with Crippen LogP contribution in [0.2, 0.25) is 0 Å². The SMILES string of the molecule is CCSCC(C)NC1CCOC2(CCOC2)C1. The van der Waals surface area contributed by atoms with Crippen LogP contribution in [-0.2, 0) is 9.47 Å². The third-order valence-corrected chi connectivity index (χ3v) is 4.80. The van der Waals surface area contributed by atoms with Crippen molar-refractivity contribution < 1.29 is 9.47 Å². The average Bonchev–Trinajstić information content (AvgIpc) is 2.74. The second-order valence-electron chi connectivity index (χ2n) is 5.25. The predicted molar refractivity (Wildman–Crippen MR) is 72.7 cm³/mol. The number of rotatable bonds is 5. The molecule has 0 aromatic carbocycles. The van der Waals surface area contributed by atoms with Crippen molar-refractivity contribution in [3.8, 4) is 0 Å². The molecule has 2 aliphatic heterocycles. The van der Waals surface area contributed by atoms with Gasteiger partial charge in [0.05, 0.1) is 12.2 Å². The van der Waals surface area contributed by atoms with Crippen LogP contribution in [0.25, 0.3) is 0 Å². The molecule has 1 N–H and O–H groups in total. The first-order chi connectivity index (χ1) is 8.24. The lowest BCUT2D eigenvalue weighted by Crippen LogP contribution is -2.50. The highest BCUT2D eigenvalue weighted by molar-refractivity contribution is 7.99. The fourth-order valence-electron chi connectivity index (χ4n) is 2.78. The van der Waals surface area contributed by atoms with Crippen LogP contribution in [0.15, 0.2) is 0 Å². The van der Waals surface area contributed by atoms with Gasteiger partial charge < -0.3 is 14.8 Å². The van der Waals surface area contributed by atoms with Crippen LogP contribution in [0.1, 0.15) is 33.1 Å². The quantitative estimate of drug-likeness (QED) is 0.818.